The van der Waals surface area contributed by atoms with Gasteiger partial charge in [0.05, 0.1) is 0 Å². The fraction of sp³-hybridized carbons (Fsp3) is 1.00. The minimum absolute atomic E-state index is 0.0950. The van der Waals surface area contributed by atoms with Crippen LogP contribution in [0.15, 0.2) is 0 Å². The molecule has 0 saturated carbocycles. The fourth-order valence-corrected chi connectivity index (χ4v) is 0. The van der Waals surface area contributed by atoms with Crippen molar-refractivity contribution >= 4 is 22.9 Å². The van der Waals surface area contributed by atoms with E-state index in [1.165, 1.54) is 4.18 Å². The van der Waals surface area contributed by atoms with Gasteiger partial charge in [-0.05, 0) is 0 Å². The zero-order valence-corrected chi connectivity index (χ0v) is 6.58. The maximum atomic E-state index is 2.37. The van der Waals surface area contributed by atoms with E-state index < -0.39 is 0 Å². The monoisotopic (exact) mass is 159 g/mol. The summed E-state index contributed by atoms with van der Waals surface area (Å²) in [5.41, 5.74) is 0. The Balaban J connectivity index is 1.97. The third-order valence-electron chi connectivity index (χ3n) is 0.408. The van der Waals surface area contributed by atoms with E-state index >= 15 is 0 Å². The maximum absolute atomic E-state index is 2.37. The normalized spacial score (nSPS) is 6.50. The number of hydrogen-bond acceptors (Lipinski definition) is 0. The molecular weight excluding hydrogens is 151 g/mol. The van der Waals surface area contributed by atoms with Crippen molar-refractivity contribution in [3.63, 3.8) is 0 Å². The first kappa shape index (κ1) is 4.87. The van der Waals surface area contributed by atoms with E-state index in [9.17, 15) is 0 Å². The van der Waals surface area contributed by atoms with E-state index in [1.54, 1.807) is 0 Å². The predicted octanol–water partition coefficient (Wildman–Crippen LogP) is 1.18. The van der Waals surface area contributed by atoms with Gasteiger partial charge in [-0.1, -0.05) is 0 Å². The Hall–Kier alpha value is 0.870. The zero-order chi connectivity index (χ0) is 3.41. The Morgan fingerprint density at radius 2 is 2.00 bits per heavy atom. The molecule has 0 aromatic heterocycles. The Morgan fingerprint density at radius 3 is 2.00 bits per heavy atom. The van der Waals surface area contributed by atoms with Gasteiger partial charge in [0.15, 0.2) is 0 Å². The topological polar surface area (TPSA) is 0 Å². The van der Waals surface area contributed by atoms with Gasteiger partial charge in [-0.15, -0.1) is 0 Å². The molecule has 0 aliphatic rings. The first-order valence-corrected chi connectivity index (χ1v) is 7.32. The average Bonchev–Trinajstić information content (AvgIpc) is 1.37. The molecule has 1 radical (unpaired) electrons. The van der Waals surface area contributed by atoms with E-state index in [4.69, 9.17) is 0 Å². The van der Waals surface area contributed by atoms with Crippen molar-refractivity contribution in [2.75, 3.05) is 0 Å². The third kappa shape index (κ3) is 2.87. The molecule has 0 aromatic carbocycles. The van der Waals surface area contributed by atoms with Gasteiger partial charge >= 0.3 is 38.7 Å². The fourth-order valence-electron chi connectivity index (χ4n) is 0. The molecule has 0 nitrogen and oxygen atoms in total. The van der Waals surface area contributed by atoms with E-state index in [2.05, 4.69) is 11.6 Å². The molecule has 0 fully saturated rings. The van der Waals surface area contributed by atoms with Crippen molar-refractivity contribution in [2.45, 2.75) is 15.8 Å². The summed E-state index contributed by atoms with van der Waals surface area (Å²) >= 11 is 0.0950. The van der Waals surface area contributed by atoms with Crippen molar-refractivity contribution < 1.29 is 0 Å². The molecule has 23 valence electrons. The standard InChI is InChI=1S/C2H5.CH3.In/c1-2;;/h1H2,2H3;1H3;. The average molecular weight is 159 g/mol. The molecule has 0 spiro atoms. The van der Waals surface area contributed by atoms with E-state index in [0.717, 1.165) is 0 Å². The second-order valence-electron chi connectivity index (χ2n) is 0.816. The van der Waals surface area contributed by atoms with E-state index in [1.807, 2.05) is 0 Å². The van der Waals surface area contributed by atoms with E-state index in [-0.39, 0.29) is 22.9 Å². The molecule has 0 aromatic rings. The van der Waals surface area contributed by atoms with Crippen LogP contribution >= 0.6 is 0 Å². The van der Waals surface area contributed by atoms with Crippen molar-refractivity contribution in [3.8, 4) is 0 Å². The van der Waals surface area contributed by atoms with E-state index in [0.29, 0.717) is 0 Å². The second-order valence-corrected chi connectivity index (χ2v) is 5.48. The SMILES string of the molecule is C[CH2][In][CH3]. The Kier molecular flexibility index (Phi) is 4.71. The quantitative estimate of drug-likeness (QED) is 0.538. The van der Waals surface area contributed by atoms with Crippen LogP contribution < -0.4 is 0 Å². The first-order valence-electron chi connectivity index (χ1n) is 1.69. The summed E-state index contributed by atoms with van der Waals surface area (Å²) in [7, 11) is 0. The van der Waals surface area contributed by atoms with Gasteiger partial charge in [-0.3, -0.25) is 0 Å². The van der Waals surface area contributed by atoms with Crippen LogP contribution in [0.3, 0.4) is 0 Å². The van der Waals surface area contributed by atoms with Gasteiger partial charge in [0, 0.05) is 0 Å². The van der Waals surface area contributed by atoms with Gasteiger partial charge in [-0.25, -0.2) is 0 Å². The van der Waals surface area contributed by atoms with Gasteiger partial charge < -0.3 is 0 Å². The van der Waals surface area contributed by atoms with Crippen LogP contribution in [0.5, 0.6) is 0 Å². The molecule has 1 heteroatoms. The van der Waals surface area contributed by atoms with Crippen LogP contribution in [0.2, 0.25) is 8.86 Å². The molecule has 0 N–H and O–H groups in total. The summed E-state index contributed by atoms with van der Waals surface area (Å²) in [5.74, 6) is 0. The van der Waals surface area contributed by atoms with Gasteiger partial charge in [0.25, 0.3) is 0 Å². The Labute approximate surface area is 39.0 Å². The first-order chi connectivity index (χ1) is 1.91. The molecule has 0 heterocycles. The molecule has 0 aliphatic carbocycles. The number of rotatable bonds is 1. The van der Waals surface area contributed by atoms with Gasteiger partial charge in [-0.2, -0.15) is 0 Å². The summed E-state index contributed by atoms with van der Waals surface area (Å²) in [4.78, 5) is 0. The molecule has 0 atom stereocenters. The van der Waals surface area contributed by atoms with Crippen LogP contribution in [-0.4, -0.2) is 22.9 Å². The summed E-state index contributed by atoms with van der Waals surface area (Å²) in [6.45, 7) is 2.26. The Bertz CT molecular complexity index is 5.25. The van der Waals surface area contributed by atoms with Crippen molar-refractivity contribution in [1.82, 2.24) is 0 Å². The second kappa shape index (κ2) is 3.87. The molecule has 0 bridgehead atoms. The summed E-state index contributed by atoms with van der Waals surface area (Å²) in [5, 5.41) is 0. The summed E-state index contributed by atoms with van der Waals surface area (Å²) in [6.07, 6.45) is 0. The van der Waals surface area contributed by atoms with Gasteiger partial charge in [0.2, 0.25) is 0 Å². The third-order valence-corrected chi connectivity index (χ3v) is 2.74. The number of hydrogen-bond donors (Lipinski definition) is 0. The van der Waals surface area contributed by atoms with Crippen molar-refractivity contribution in [2.24, 2.45) is 0 Å². The molecule has 4 heavy (non-hydrogen) atoms. The zero-order valence-electron chi connectivity index (χ0n) is 3.28. The summed E-state index contributed by atoms with van der Waals surface area (Å²) in [6, 6.07) is 0. The molecule has 0 rings (SSSR count). The van der Waals surface area contributed by atoms with Crippen LogP contribution in [-0.2, 0) is 0 Å². The molecule has 0 unspecified atom stereocenters. The van der Waals surface area contributed by atoms with Crippen molar-refractivity contribution in [3.05, 3.63) is 0 Å². The minimum atomic E-state index is 0.0950. The summed E-state index contributed by atoms with van der Waals surface area (Å²) < 4.78 is 3.88. The van der Waals surface area contributed by atoms with Crippen LogP contribution in [0, 0.1) is 0 Å². The van der Waals surface area contributed by atoms with Crippen LogP contribution in [0.25, 0.3) is 0 Å². The van der Waals surface area contributed by atoms with Crippen LogP contribution in [0.4, 0.5) is 0 Å². The van der Waals surface area contributed by atoms with Crippen molar-refractivity contribution in [1.29, 1.82) is 0 Å². The Morgan fingerprint density at radius 1 is 1.75 bits per heavy atom. The molecular formula is C3H8In. The molecule has 0 aliphatic heterocycles. The molecule has 0 saturated heterocycles. The predicted molar refractivity (Wildman–Crippen MR) is 22.1 cm³/mol. The van der Waals surface area contributed by atoms with Crippen LogP contribution in [0.1, 0.15) is 6.92 Å². The van der Waals surface area contributed by atoms with Gasteiger partial charge in [0.1, 0.15) is 0 Å². The molecule has 0 amide bonds.